The lowest BCUT2D eigenvalue weighted by atomic mass is 10.1. The van der Waals surface area contributed by atoms with Gasteiger partial charge in [0.1, 0.15) is 18.2 Å². The van der Waals surface area contributed by atoms with Gasteiger partial charge in [0, 0.05) is 19.7 Å². The van der Waals surface area contributed by atoms with Crippen LogP contribution in [0.3, 0.4) is 0 Å². The van der Waals surface area contributed by atoms with Crippen molar-refractivity contribution in [2.75, 3.05) is 36.5 Å². The Morgan fingerprint density at radius 1 is 1.06 bits per heavy atom. The molecule has 0 bridgehead atoms. The predicted octanol–water partition coefficient (Wildman–Crippen LogP) is 4.73. The average molecular weight is 478 g/mol. The molecule has 6 nitrogen and oxygen atoms in total. The molecule has 1 aliphatic heterocycles. The second-order valence-corrected chi connectivity index (χ2v) is 9.78. The predicted molar refractivity (Wildman–Crippen MR) is 120 cm³/mol. The maximum Gasteiger partial charge on any atom is 0.416 e. The summed E-state index contributed by atoms with van der Waals surface area (Å²) in [6, 6.07) is 12.6. The van der Waals surface area contributed by atoms with Crippen LogP contribution in [-0.2, 0) is 16.2 Å². The van der Waals surface area contributed by atoms with E-state index in [9.17, 15) is 21.6 Å². The van der Waals surface area contributed by atoms with Crippen molar-refractivity contribution in [3.63, 3.8) is 0 Å². The van der Waals surface area contributed by atoms with Crippen molar-refractivity contribution < 1.29 is 26.3 Å². The zero-order valence-corrected chi connectivity index (χ0v) is 19.0. The van der Waals surface area contributed by atoms with E-state index in [2.05, 4.69) is 4.98 Å². The fourth-order valence-corrected chi connectivity index (χ4v) is 5.09. The second-order valence-electron chi connectivity index (χ2n) is 7.92. The summed E-state index contributed by atoms with van der Waals surface area (Å²) in [7, 11) is -0.521. The largest absolute Gasteiger partial charge is 0.489 e. The maximum atomic E-state index is 13.4. The van der Waals surface area contributed by atoms with E-state index in [4.69, 9.17) is 4.74 Å². The highest BCUT2D eigenvalue weighted by molar-refractivity contribution is 7.92. The Labute approximate surface area is 190 Å². The van der Waals surface area contributed by atoms with Gasteiger partial charge in [-0.15, -0.1) is 0 Å². The van der Waals surface area contributed by atoms with Crippen LogP contribution in [0, 0.1) is 6.92 Å². The number of pyridine rings is 1. The first-order valence-corrected chi connectivity index (χ1v) is 11.5. The topological polar surface area (TPSA) is 62.7 Å². The van der Waals surface area contributed by atoms with Crippen LogP contribution in [0.4, 0.5) is 24.7 Å². The minimum Gasteiger partial charge on any atom is -0.489 e. The molecule has 0 radical (unpaired) electrons. The Morgan fingerprint density at radius 2 is 1.82 bits per heavy atom. The number of hydrogen-bond donors (Lipinski definition) is 0. The number of sulfonamides is 1. The number of anilines is 2. The fourth-order valence-electron chi connectivity index (χ4n) is 3.59. The van der Waals surface area contributed by atoms with Crippen molar-refractivity contribution in [2.45, 2.75) is 18.0 Å². The Hall–Kier alpha value is -3.27. The zero-order valence-electron chi connectivity index (χ0n) is 18.2. The second kappa shape index (κ2) is 8.26. The third kappa shape index (κ3) is 4.47. The standard InChI is InChI=1S/C23H22F3N3O3S/c1-15-11-19(27-22(12-15)28(2)3)16-7-8-21-20(13-16)29(9-10-32-21)33(30,31)18-6-4-5-17(14-18)23(24,25)26/h4-8,11-14H,9-10H2,1-3H3. The number of aromatic nitrogens is 1. The van der Waals surface area contributed by atoms with Crippen molar-refractivity contribution in [2.24, 2.45) is 0 Å². The van der Waals surface area contributed by atoms with Gasteiger partial charge in [-0.2, -0.15) is 13.2 Å². The number of fused-ring (bicyclic) bond motifs is 1. The van der Waals surface area contributed by atoms with Crippen molar-refractivity contribution in [1.82, 2.24) is 4.98 Å². The van der Waals surface area contributed by atoms with Crippen LogP contribution in [0.2, 0.25) is 0 Å². The highest BCUT2D eigenvalue weighted by Gasteiger charge is 2.35. The van der Waals surface area contributed by atoms with Gasteiger partial charge in [0.25, 0.3) is 10.0 Å². The lowest BCUT2D eigenvalue weighted by molar-refractivity contribution is -0.137. The van der Waals surface area contributed by atoms with Gasteiger partial charge in [0.15, 0.2) is 0 Å². The Morgan fingerprint density at radius 3 is 2.52 bits per heavy atom. The Bertz CT molecular complexity index is 1310. The monoisotopic (exact) mass is 477 g/mol. The molecule has 3 aromatic rings. The lowest BCUT2D eigenvalue weighted by Gasteiger charge is -2.31. The molecule has 0 amide bonds. The molecule has 0 atom stereocenters. The van der Waals surface area contributed by atoms with Crippen LogP contribution in [0.5, 0.6) is 5.75 Å². The van der Waals surface area contributed by atoms with Gasteiger partial charge >= 0.3 is 6.18 Å². The molecule has 33 heavy (non-hydrogen) atoms. The first kappa shape index (κ1) is 22.9. The number of hydrogen-bond acceptors (Lipinski definition) is 5. The molecule has 0 spiro atoms. The molecular weight excluding hydrogens is 455 g/mol. The van der Waals surface area contributed by atoms with E-state index in [-0.39, 0.29) is 18.8 Å². The van der Waals surface area contributed by atoms with E-state index < -0.39 is 26.7 Å². The van der Waals surface area contributed by atoms with Gasteiger partial charge in [-0.05, 0) is 61.0 Å². The van der Waals surface area contributed by atoms with Crippen LogP contribution >= 0.6 is 0 Å². The molecular formula is C23H22F3N3O3S. The van der Waals surface area contributed by atoms with Crippen molar-refractivity contribution >= 4 is 21.5 Å². The van der Waals surface area contributed by atoms with Gasteiger partial charge in [-0.25, -0.2) is 13.4 Å². The normalized spacial score (nSPS) is 13.9. The van der Waals surface area contributed by atoms with Crippen LogP contribution < -0.4 is 13.9 Å². The minimum absolute atomic E-state index is 0.0285. The summed E-state index contributed by atoms with van der Waals surface area (Å²) < 4.78 is 72.9. The number of rotatable bonds is 4. The number of ether oxygens (including phenoxy) is 1. The molecule has 0 saturated carbocycles. The van der Waals surface area contributed by atoms with E-state index in [1.165, 1.54) is 0 Å². The first-order chi connectivity index (χ1) is 15.5. The molecule has 1 aliphatic rings. The van der Waals surface area contributed by atoms with Gasteiger partial charge in [0.05, 0.1) is 28.4 Å². The third-order valence-corrected chi connectivity index (χ3v) is 7.05. The van der Waals surface area contributed by atoms with E-state index in [0.29, 0.717) is 23.1 Å². The van der Waals surface area contributed by atoms with Crippen LogP contribution in [0.1, 0.15) is 11.1 Å². The summed E-state index contributed by atoms with van der Waals surface area (Å²) in [5.74, 6) is 1.08. The number of alkyl halides is 3. The Kier molecular flexibility index (Phi) is 5.73. The Balaban J connectivity index is 1.80. The average Bonchev–Trinajstić information content (AvgIpc) is 2.77. The van der Waals surface area contributed by atoms with Crippen molar-refractivity contribution in [3.8, 4) is 17.0 Å². The molecule has 174 valence electrons. The van der Waals surface area contributed by atoms with Crippen LogP contribution in [-0.4, -0.2) is 40.6 Å². The highest BCUT2D eigenvalue weighted by Crippen LogP contribution is 2.39. The number of nitrogens with zero attached hydrogens (tertiary/aromatic N) is 3. The molecule has 1 aromatic heterocycles. The van der Waals surface area contributed by atoms with Crippen LogP contribution in [0.15, 0.2) is 59.5 Å². The molecule has 0 fully saturated rings. The molecule has 0 saturated heterocycles. The van der Waals surface area contributed by atoms with Crippen molar-refractivity contribution in [3.05, 3.63) is 65.7 Å². The fraction of sp³-hybridized carbons (Fsp3) is 0.261. The minimum atomic E-state index is -4.65. The molecule has 2 heterocycles. The highest BCUT2D eigenvalue weighted by atomic mass is 32.2. The van der Waals surface area contributed by atoms with E-state index >= 15 is 0 Å². The summed E-state index contributed by atoms with van der Waals surface area (Å²) in [5.41, 5.74) is 1.52. The summed E-state index contributed by atoms with van der Waals surface area (Å²) in [6.45, 7) is 1.99. The summed E-state index contributed by atoms with van der Waals surface area (Å²) in [6.07, 6.45) is -4.65. The number of halogens is 3. The van der Waals surface area contributed by atoms with E-state index in [1.807, 2.05) is 38.1 Å². The van der Waals surface area contributed by atoms with Gasteiger partial charge in [-0.3, -0.25) is 4.31 Å². The molecule has 10 heteroatoms. The molecule has 0 unspecified atom stereocenters. The summed E-state index contributed by atoms with van der Waals surface area (Å²) >= 11 is 0. The van der Waals surface area contributed by atoms with Gasteiger partial charge < -0.3 is 9.64 Å². The zero-order chi connectivity index (χ0) is 24.0. The third-order valence-electron chi connectivity index (χ3n) is 5.24. The van der Waals surface area contributed by atoms with E-state index in [0.717, 1.165) is 33.9 Å². The smallest absolute Gasteiger partial charge is 0.416 e. The molecule has 2 aromatic carbocycles. The maximum absolute atomic E-state index is 13.4. The summed E-state index contributed by atoms with van der Waals surface area (Å²) in [5, 5.41) is 0. The lowest BCUT2D eigenvalue weighted by Crippen LogP contribution is -2.38. The van der Waals surface area contributed by atoms with Crippen molar-refractivity contribution in [1.29, 1.82) is 0 Å². The first-order valence-electron chi connectivity index (χ1n) is 10.1. The quantitative estimate of drug-likeness (QED) is 0.544. The van der Waals surface area contributed by atoms with E-state index in [1.54, 1.807) is 18.2 Å². The molecule has 4 rings (SSSR count). The SMILES string of the molecule is Cc1cc(-c2ccc3c(c2)N(S(=O)(=O)c2cccc(C(F)(F)F)c2)CCO3)nc(N(C)C)c1. The van der Waals surface area contributed by atoms with Gasteiger partial charge in [-0.1, -0.05) is 6.07 Å². The van der Waals surface area contributed by atoms with Crippen LogP contribution in [0.25, 0.3) is 11.3 Å². The van der Waals surface area contributed by atoms with Gasteiger partial charge in [0.2, 0.25) is 0 Å². The number of aryl methyl sites for hydroxylation is 1. The molecule has 0 N–H and O–H groups in total. The molecule has 0 aliphatic carbocycles. The number of benzene rings is 2. The summed E-state index contributed by atoms with van der Waals surface area (Å²) in [4.78, 5) is 6.06.